The van der Waals surface area contributed by atoms with Gasteiger partial charge in [-0.05, 0) is 0 Å². The van der Waals surface area contributed by atoms with Crippen LogP contribution in [0.3, 0.4) is 0 Å². The average molecular weight is 180 g/mol. The largest absolute Gasteiger partial charge is 0.502 e. The van der Waals surface area contributed by atoms with E-state index in [1.807, 2.05) is 18.2 Å². The van der Waals surface area contributed by atoms with Crippen molar-refractivity contribution in [1.29, 1.82) is 0 Å². The molecule has 3 nitrogen and oxygen atoms in total. The van der Waals surface area contributed by atoms with E-state index in [1.165, 1.54) is 14.2 Å². The summed E-state index contributed by atoms with van der Waals surface area (Å²) in [7, 11) is 2.88. The second-order valence-electron chi connectivity index (χ2n) is 2.41. The lowest BCUT2D eigenvalue weighted by atomic mass is 10.2. The van der Waals surface area contributed by atoms with Crippen molar-refractivity contribution in [2.75, 3.05) is 14.2 Å². The van der Waals surface area contributed by atoms with Crippen LogP contribution in [-0.2, 0) is 9.47 Å². The molecule has 13 heavy (non-hydrogen) atoms. The maximum Gasteiger partial charge on any atom is 0.323 e. The highest BCUT2D eigenvalue weighted by atomic mass is 16.7. The first-order valence-corrected chi connectivity index (χ1v) is 3.86. The van der Waals surface area contributed by atoms with Crippen molar-refractivity contribution in [1.82, 2.24) is 0 Å². The highest BCUT2D eigenvalue weighted by Gasteiger charge is 2.07. The van der Waals surface area contributed by atoms with Crippen molar-refractivity contribution < 1.29 is 14.6 Å². The van der Waals surface area contributed by atoms with Crippen LogP contribution in [0.25, 0.3) is 5.76 Å². The van der Waals surface area contributed by atoms with E-state index in [2.05, 4.69) is 0 Å². The van der Waals surface area contributed by atoms with Crippen molar-refractivity contribution in [3.63, 3.8) is 0 Å². The Balaban J connectivity index is 3.01. The second kappa shape index (κ2) is 4.40. The summed E-state index contributed by atoms with van der Waals surface area (Å²) < 4.78 is 9.65. The molecule has 0 fully saturated rings. The fraction of sp³-hybridized carbons (Fsp3) is 0.200. The van der Waals surface area contributed by atoms with Crippen molar-refractivity contribution in [2.24, 2.45) is 0 Å². The van der Waals surface area contributed by atoms with Gasteiger partial charge in [-0.3, -0.25) is 0 Å². The molecule has 1 N–H and O–H groups in total. The lowest BCUT2D eigenvalue weighted by Gasteiger charge is -2.06. The molecule has 0 saturated carbocycles. The first-order valence-electron chi connectivity index (χ1n) is 3.86. The van der Waals surface area contributed by atoms with E-state index in [0.717, 1.165) is 0 Å². The number of benzene rings is 1. The van der Waals surface area contributed by atoms with Gasteiger partial charge in [0, 0.05) is 5.56 Å². The number of aliphatic hydroxyl groups excluding tert-OH is 1. The monoisotopic (exact) mass is 180 g/mol. The molecule has 0 aliphatic heterocycles. The molecule has 0 aliphatic carbocycles. The summed E-state index contributed by atoms with van der Waals surface area (Å²) >= 11 is 0. The molecular weight excluding hydrogens is 168 g/mol. The Bertz CT molecular complexity index is 284. The van der Waals surface area contributed by atoms with Crippen molar-refractivity contribution >= 4 is 5.76 Å². The molecule has 70 valence electrons. The highest BCUT2D eigenvalue weighted by Crippen LogP contribution is 2.15. The molecule has 1 rings (SSSR count). The molecule has 1 aromatic rings. The van der Waals surface area contributed by atoms with E-state index in [9.17, 15) is 5.11 Å². The van der Waals surface area contributed by atoms with Gasteiger partial charge in [-0.1, -0.05) is 30.3 Å². The number of hydrogen-bond acceptors (Lipinski definition) is 3. The fourth-order valence-electron chi connectivity index (χ4n) is 0.991. The first-order chi connectivity index (χ1) is 6.29. The number of ether oxygens (including phenoxy) is 2. The van der Waals surface area contributed by atoms with Crippen LogP contribution in [0.15, 0.2) is 36.3 Å². The van der Waals surface area contributed by atoms with Crippen LogP contribution in [-0.4, -0.2) is 19.3 Å². The molecule has 3 heteroatoms. The normalized spacial score (nSPS) is 9.08. The van der Waals surface area contributed by atoms with Gasteiger partial charge in [0.2, 0.25) is 5.76 Å². The molecule has 0 heterocycles. The standard InChI is InChI=1S/C10H12O3/c1-12-10(13-2)9(11)8-6-4-3-5-7-8/h3-7,11H,1-2H3. The van der Waals surface area contributed by atoms with Crippen molar-refractivity contribution in [2.45, 2.75) is 0 Å². The molecule has 0 spiro atoms. The van der Waals surface area contributed by atoms with Crippen molar-refractivity contribution in [3.8, 4) is 0 Å². The quantitative estimate of drug-likeness (QED) is 0.724. The van der Waals surface area contributed by atoms with Crippen LogP contribution in [0.1, 0.15) is 5.56 Å². The molecule has 0 atom stereocenters. The third kappa shape index (κ3) is 2.15. The Hall–Kier alpha value is -1.64. The van der Waals surface area contributed by atoms with Gasteiger partial charge >= 0.3 is 5.95 Å². The maximum atomic E-state index is 9.61. The first kappa shape index (κ1) is 9.45. The number of methoxy groups -OCH3 is 2. The minimum atomic E-state index is 0.00519. The summed E-state index contributed by atoms with van der Waals surface area (Å²) in [5, 5.41) is 9.61. The predicted molar refractivity (Wildman–Crippen MR) is 50.0 cm³/mol. The van der Waals surface area contributed by atoms with E-state index < -0.39 is 0 Å². The topological polar surface area (TPSA) is 38.7 Å². The number of rotatable bonds is 3. The minimum Gasteiger partial charge on any atom is -0.502 e. The summed E-state index contributed by atoms with van der Waals surface area (Å²) in [5.41, 5.74) is 0.668. The molecule has 0 aromatic heterocycles. The number of hydrogen-bond donors (Lipinski definition) is 1. The Morgan fingerprint density at radius 3 is 2.08 bits per heavy atom. The fourth-order valence-corrected chi connectivity index (χ4v) is 0.991. The van der Waals surface area contributed by atoms with E-state index in [4.69, 9.17) is 9.47 Å². The van der Waals surface area contributed by atoms with Gasteiger partial charge in [0.05, 0.1) is 14.2 Å². The Labute approximate surface area is 77.2 Å². The van der Waals surface area contributed by atoms with Gasteiger partial charge < -0.3 is 14.6 Å². The summed E-state index contributed by atoms with van der Waals surface area (Å²) in [6, 6.07) is 9.07. The smallest absolute Gasteiger partial charge is 0.323 e. The van der Waals surface area contributed by atoms with Gasteiger partial charge in [0.1, 0.15) is 0 Å². The molecular formula is C10H12O3. The molecule has 0 radical (unpaired) electrons. The summed E-state index contributed by atoms with van der Waals surface area (Å²) in [6.07, 6.45) is 0. The van der Waals surface area contributed by atoms with Crippen LogP contribution >= 0.6 is 0 Å². The zero-order valence-corrected chi connectivity index (χ0v) is 7.65. The lowest BCUT2D eigenvalue weighted by molar-refractivity contribution is 0.0901. The van der Waals surface area contributed by atoms with E-state index >= 15 is 0 Å². The van der Waals surface area contributed by atoms with Crippen LogP contribution < -0.4 is 0 Å². The Kier molecular flexibility index (Phi) is 3.20. The molecule has 0 amide bonds. The van der Waals surface area contributed by atoms with Crippen LogP contribution in [0.4, 0.5) is 0 Å². The molecule has 0 unspecified atom stereocenters. The molecule has 0 aliphatic rings. The highest BCUT2D eigenvalue weighted by molar-refractivity contribution is 5.58. The van der Waals surface area contributed by atoms with Gasteiger partial charge in [-0.2, -0.15) is 0 Å². The summed E-state index contributed by atoms with van der Waals surface area (Å²) in [4.78, 5) is 0. The second-order valence-corrected chi connectivity index (χ2v) is 2.41. The van der Waals surface area contributed by atoms with Gasteiger partial charge in [-0.25, -0.2) is 0 Å². The lowest BCUT2D eigenvalue weighted by Crippen LogP contribution is -1.95. The van der Waals surface area contributed by atoms with E-state index in [-0.39, 0.29) is 11.7 Å². The summed E-state index contributed by atoms with van der Waals surface area (Å²) in [5.74, 6) is 0.122. The average Bonchev–Trinajstić information content (AvgIpc) is 2.21. The van der Waals surface area contributed by atoms with Crippen LogP contribution in [0, 0.1) is 0 Å². The predicted octanol–water partition coefficient (Wildman–Crippen LogP) is 2.16. The van der Waals surface area contributed by atoms with Gasteiger partial charge in [0.25, 0.3) is 0 Å². The summed E-state index contributed by atoms with van der Waals surface area (Å²) in [6.45, 7) is 0. The number of aliphatic hydroxyl groups is 1. The van der Waals surface area contributed by atoms with Gasteiger partial charge in [0.15, 0.2) is 0 Å². The van der Waals surface area contributed by atoms with E-state index in [0.29, 0.717) is 5.56 Å². The maximum absolute atomic E-state index is 9.61. The zero-order valence-electron chi connectivity index (χ0n) is 7.65. The zero-order chi connectivity index (χ0) is 9.68. The van der Waals surface area contributed by atoms with Crippen molar-refractivity contribution in [3.05, 3.63) is 41.8 Å². The van der Waals surface area contributed by atoms with Crippen LogP contribution in [0.2, 0.25) is 0 Å². The molecule has 1 aromatic carbocycles. The third-order valence-corrected chi connectivity index (χ3v) is 1.61. The minimum absolute atomic E-state index is 0.00519. The van der Waals surface area contributed by atoms with Crippen LogP contribution in [0.5, 0.6) is 0 Å². The Morgan fingerprint density at radius 1 is 1.08 bits per heavy atom. The Morgan fingerprint density at radius 2 is 1.62 bits per heavy atom. The molecule has 0 bridgehead atoms. The SMILES string of the molecule is COC(OC)=C(O)c1ccccc1. The third-order valence-electron chi connectivity index (χ3n) is 1.61. The molecule has 0 saturated heterocycles. The van der Waals surface area contributed by atoms with Gasteiger partial charge in [-0.15, -0.1) is 0 Å². The van der Waals surface area contributed by atoms with E-state index in [1.54, 1.807) is 12.1 Å².